The number of carboxylic acid groups (broad SMARTS) is 1. The Morgan fingerprint density at radius 2 is 1.96 bits per heavy atom. The van der Waals surface area contributed by atoms with Crippen LogP contribution in [-0.2, 0) is 9.59 Å². The lowest BCUT2D eigenvalue weighted by molar-refractivity contribution is -0.149. The van der Waals surface area contributed by atoms with Gasteiger partial charge in [-0.2, -0.15) is 0 Å². The summed E-state index contributed by atoms with van der Waals surface area (Å²) >= 11 is 0. The van der Waals surface area contributed by atoms with Gasteiger partial charge in [0, 0.05) is 0 Å². The Hall–Kier alpha value is -2.04. The lowest BCUT2D eigenvalue weighted by atomic mass is 9.84. The maximum Gasteiger partial charge on any atom is 0.329 e. The Morgan fingerprint density at radius 3 is 2.39 bits per heavy atom. The highest BCUT2D eigenvalue weighted by Crippen LogP contribution is 2.26. The van der Waals surface area contributed by atoms with Gasteiger partial charge in [-0.3, -0.25) is 4.79 Å². The van der Waals surface area contributed by atoms with Crippen molar-refractivity contribution < 1.29 is 19.4 Å². The first-order valence-corrected chi connectivity index (χ1v) is 7.87. The van der Waals surface area contributed by atoms with Crippen LogP contribution in [-0.4, -0.2) is 29.6 Å². The summed E-state index contributed by atoms with van der Waals surface area (Å²) in [6.07, 6.45) is 0.666. The molecule has 0 fully saturated rings. The van der Waals surface area contributed by atoms with E-state index < -0.39 is 17.4 Å². The molecule has 0 aliphatic rings. The van der Waals surface area contributed by atoms with Crippen molar-refractivity contribution in [1.29, 1.82) is 0 Å². The number of hydrogen-bond acceptors (Lipinski definition) is 3. The van der Waals surface area contributed by atoms with E-state index in [1.165, 1.54) is 0 Å². The lowest BCUT2D eigenvalue weighted by Gasteiger charge is -2.33. The van der Waals surface area contributed by atoms with Crippen LogP contribution in [0.15, 0.2) is 18.2 Å². The molecule has 5 nitrogen and oxygen atoms in total. The van der Waals surface area contributed by atoms with Gasteiger partial charge < -0.3 is 15.2 Å². The number of aryl methyl sites for hydroxylation is 1. The molecule has 0 radical (unpaired) electrons. The van der Waals surface area contributed by atoms with Gasteiger partial charge in [0.2, 0.25) is 5.91 Å². The summed E-state index contributed by atoms with van der Waals surface area (Å²) in [7, 11) is 1.59. The van der Waals surface area contributed by atoms with Gasteiger partial charge in [0.25, 0.3) is 0 Å². The molecule has 0 heterocycles. The van der Waals surface area contributed by atoms with Crippen LogP contribution >= 0.6 is 0 Å². The van der Waals surface area contributed by atoms with Gasteiger partial charge in [0.1, 0.15) is 11.3 Å². The number of nitrogens with one attached hydrogen (secondary N) is 1. The molecule has 128 valence electrons. The van der Waals surface area contributed by atoms with Crippen LogP contribution in [0.1, 0.15) is 51.2 Å². The number of aliphatic carboxylic acids is 1. The number of amides is 1. The summed E-state index contributed by atoms with van der Waals surface area (Å²) in [6.45, 7) is 9.00. The molecule has 23 heavy (non-hydrogen) atoms. The van der Waals surface area contributed by atoms with Crippen LogP contribution in [0.2, 0.25) is 0 Å². The quantitative estimate of drug-likeness (QED) is 0.809. The van der Waals surface area contributed by atoms with Crippen LogP contribution in [0, 0.1) is 12.8 Å². The molecule has 0 spiro atoms. The smallest absolute Gasteiger partial charge is 0.329 e. The van der Waals surface area contributed by atoms with E-state index in [1.807, 2.05) is 32.9 Å². The van der Waals surface area contributed by atoms with Crippen molar-refractivity contribution in [2.75, 3.05) is 7.11 Å². The van der Waals surface area contributed by atoms with Crippen molar-refractivity contribution in [2.24, 2.45) is 5.92 Å². The normalized spacial score (nSPS) is 16.1. The Kier molecular flexibility index (Phi) is 6.19. The van der Waals surface area contributed by atoms with E-state index in [9.17, 15) is 14.7 Å². The molecule has 1 aromatic carbocycles. The first-order valence-electron chi connectivity index (χ1n) is 7.87. The molecule has 1 aromatic rings. The fraction of sp³-hybridized carbons (Fsp3) is 0.556. The van der Waals surface area contributed by atoms with Crippen LogP contribution in [0.3, 0.4) is 0 Å². The maximum atomic E-state index is 12.6. The lowest BCUT2D eigenvalue weighted by Crippen LogP contribution is -2.57. The Labute approximate surface area is 138 Å². The number of carbonyl (C=O) groups is 2. The average Bonchev–Trinajstić information content (AvgIpc) is 2.52. The molecule has 0 saturated carbocycles. The van der Waals surface area contributed by atoms with Gasteiger partial charge in [-0.1, -0.05) is 26.3 Å². The second-order valence-corrected chi connectivity index (χ2v) is 6.25. The SMILES string of the molecule is CCC(C)C(C)(NC(=O)C(C)c1ccc(OC)cc1C)C(=O)O. The van der Waals surface area contributed by atoms with E-state index >= 15 is 0 Å². The highest BCUT2D eigenvalue weighted by atomic mass is 16.5. The number of methoxy groups -OCH3 is 1. The maximum absolute atomic E-state index is 12.6. The van der Waals surface area contributed by atoms with Gasteiger partial charge in [0.15, 0.2) is 0 Å². The average molecular weight is 321 g/mol. The predicted octanol–water partition coefficient (Wildman–Crippen LogP) is 3.11. The third kappa shape index (κ3) is 4.03. The van der Waals surface area contributed by atoms with E-state index in [-0.39, 0.29) is 11.8 Å². The van der Waals surface area contributed by atoms with Crippen molar-refractivity contribution in [1.82, 2.24) is 5.32 Å². The van der Waals surface area contributed by atoms with Gasteiger partial charge in [-0.05, 0) is 49.9 Å². The standard InChI is InChI=1S/C18H27NO4/c1-7-12(3)18(5,17(21)22)19-16(20)13(4)15-9-8-14(23-6)10-11(15)2/h8-10,12-13H,7H2,1-6H3,(H,19,20)(H,21,22). The number of benzene rings is 1. The summed E-state index contributed by atoms with van der Waals surface area (Å²) in [6, 6.07) is 5.51. The summed E-state index contributed by atoms with van der Waals surface area (Å²) in [5.41, 5.74) is 0.522. The second-order valence-electron chi connectivity index (χ2n) is 6.25. The van der Waals surface area contributed by atoms with Crippen molar-refractivity contribution >= 4 is 11.9 Å². The fourth-order valence-electron chi connectivity index (χ4n) is 2.56. The van der Waals surface area contributed by atoms with E-state index in [1.54, 1.807) is 27.0 Å². The molecule has 0 aromatic heterocycles. The molecule has 2 N–H and O–H groups in total. The van der Waals surface area contributed by atoms with Crippen molar-refractivity contribution in [3.63, 3.8) is 0 Å². The van der Waals surface area contributed by atoms with Gasteiger partial charge in [-0.15, -0.1) is 0 Å². The van der Waals surface area contributed by atoms with E-state index in [2.05, 4.69) is 5.32 Å². The Balaban J connectivity index is 3.02. The number of rotatable bonds is 7. The van der Waals surface area contributed by atoms with E-state index in [4.69, 9.17) is 4.74 Å². The van der Waals surface area contributed by atoms with Crippen molar-refractivity contribution in [2.45, 2.75) is 52.5 Å². The molecular formula is C18H27NO4. The number of carbonyl (C=O) groups excluding carboxylic acids is 1. The molecule has 0 aliphatic carbocycles. The molecule has 3 atom stereocenters. The van der Waals surface area contributed by atoms with E-state index in [0.717, 1.165) is 16.9 Å². The Bertz CT molecular complexity index is 584. The molecule has 3 unspecified atom stereocenters. The minimum atomic E-state index is -1.28. The number of carboxylic acids is 1. The summed E-state index contributed by atoms with van der Waals surface area (Å²) < 4.78 is 5.17. The number of hydrogen-bond donors (Lipinski definition) is 2. The Morgan fingerprint density at radius 1 is 1.35 bits per heavy atom. The van der Waals surface area contributed by atoms with Crippen molar-refractivity contribution in [3.8, 4) is 5.75 Å². The van der Waals surface area contributed by atoms with Gasteiger partial charge in [-0.25, -0.2) is 4.79 Å². The topological polar surface area (TPSA) is 75.6 Å². The fourth-order valence-corrected chi connectivity index (χ4v) is 2.56. The zero-order valence-corrected chi connectivity index (χ0v) is 14.8. The van der Waals surface area contributed by atoms with Crippen LogP contribution in [0.4, 0.5) is 0 Å². The molecule has 5 heteroatoms. The second kappa shape index (κ2) is 7.49. The van der Waals surface area contributed by atoms with Crippen molar-refractivity contribution in [3.05, 3.63) is 29.3 Å². The molecule has 0 aliphatic heterocycles. The highest BCUT2D eigenvalue weighted by Gasteiger charge is 2.40. The minimum Gasteiger partial charge on any atom is -0.497 e. The zero-order valence-electron chi connectivity index (χ0n) is 14.8. The zero-order chi connectivity index (χ0) is 17.8. The van der Waals surface area contributed by atoms with Crippen LogP contribution in [0.25, 0.3) is 0 Å². The van der Waals surface area contributed by atoms with Gasteiger partial charge >= 0.3 is 5.97 Å². The third-order valence-corrected chi connectivity index (χ3v) is 4.76. The first kappa shape index (κ1) is 19.0. The molecule has 0 saturated heterocycles. The van der Waals surface area contributed by atoms with Crippen LogP contribution < -0.4 is 10.1 Å². The molecule has 0 bridgehead atoms. The summed E-state index contributed by atoms with van der Waals surface area (Å²) in [5.74, 6) is -1.19. The summed E-state index contributed by atoms with van der Waals surface area (Å²) in [5, 5.41) is 12.3. The molecular weight excluding hydrogens is 294 g/mol. The third-order valence-electron chi connectivity index (χ3n) is 4.76. The van der Waals surface area contributed by atoms with Crippen LogP contribution in [0.5, 0.6) is 5.75 Å². The summed E-state index contributed by atoms with van der Waals surface area (Å²) in [4.78, 5) is 24.2. The first-order chi connectivity index (χ1) is 10.7. The molecule has 1 rings (SSSR count). The van der Waals surface area contributed by atoms with Gasteiger partial charge in [0.05, 0.1) is 13.0 Å². The monoisotopic (exact) mass is 321 g/mol. The highest BCUT2D eigenvalue weighted by molar-refractivity contribution is 5.90. The molecule has 1 amide bonds. The predicted molar refractivity (Wildman–Crippen MR) is 89.8 cm³/mol. The number of ether oxygens (including phenoxy) is 1. The van der Waals surface area contributed by atoms with E-state index in [0.29, 0.717) is 6.42 Å². The minimum absolute atomic E-state index is 0.173. The largest absolute Gasteiger partial charge is 0.497 e.